The average molecular weight is 453 g/mol. The van der Waals surface area contributed by atoms with Crippen molar-refractivity contribution in [2.75, 3.05) is 25.1 Å². The first-order chi connectivity index (χ1) is 14.1. The van der Waals surface area contributed by atoms with Crippen molar-refractivity contribution in [1.29, 1.82) is 0 Å². The van der Waals surface area contributed by atoms with Crippen molar-refractivity contribution in [2.24, 2.45) is 0 Å². The molecule has 0 saturated heterocycles. The SMILES string of the molecule is Cl.O=C(CCCCNCCF)Nc1cc(-c2n[nH]c(=O)c3ccccc23)ccc1Cl. The molecule has 0 fully saturated rings. The highest BCUT2D eigenvalue weighted by atomic mass is 35.5. The molecule has 3 aromatic rings. The summed E-state index contributed by atoms with van der Waals surface area (Å²) in [5.74, 6) is -0.145. The zero-order valence-corrected chi connectivity index (χ0v) is 17.8. The molecule has 1 aromatic heterocycles. The molecule has 0 spiro atoms. The first kappa shape index (κ1) is 23.8. The highest BCUT2D eigenvalue weighted by molar-refractivity contribution is 6.33. The lowest BCUT2D eigenvalue weighted by atomic mass is 10.0. The van der Waals surface area contributed by atoms with Crippen LogP contribution in [0.2, 0.25) is 5.02 Å². The Balaban J connectivity index is 0.00000320. The third-order valence-corrected chi connectivity index (χ3v) is 4.82. The van der Waals surface area contributed by atoms with Gasteiger partial charge in [0.2, 0.25) is 5.91 Å². The number of alkyl halides is 1. The number of aromatic amines is 1. The molecule has 160 valence electrons. The van der Waals surface area contributed by atoms with Crippen molar-refractivity contribution in [1.82, 2.24) is 15.5 Å². The van der Waals surface area contributed by atoms with Gasteiger partial charge >= 0.3 is 0 Å². The van der Waals surface area contributed by atoms with Crippen LogP contribution in [0.3, 0.4) is 0 Å². The summed E-state index contributed by atoms with van der Waals surface area (Å²) in [6.07, 6.45) is 1.82. The largest absolute Gasteiger partial charge is 0.325 e. The minimum absolute atomic E-state index is 0. The molecule has 30 heavy (non-hydrogen) atoms. The van der Waals surface area contributed by atoms with E-state index in [4.69, 9.17) is 11.6 Å². The van der Waals surface area contributed by atoms with Crippen LogP contribution in [0, 0.1) is 0 Å². The highest BCUT2D eigenvalue weighted by Gasteiger charge is 2.12. The Labute approximate surface area is 184 Å². The van der Waals surface area contributed by atoms with Gasteiger partial charge in [-0.15, -0.1) is 12.4 Å². The number of unbranched alkanes of at least 4 members (excludes halogenated alkanes) is 1. The van der Waals surface area contributed by atoms with Crippen LogP contribution in [0.1, 0.15) is 19.3 Å². The third-order valence-electron chi connectivity index (χ3n) is 4.49. The van der Waals surface area contributed by atoms with E-state index in [2.05, 4.69) is 20.8 Å². The molecule has 0 saturated carbocycles. The van der Waals surface area contributed by atoms with Crippen molar-refractivity contribution in [3.8, 4) is 11.3 Å². The van der Waals surface area contributed by atoms with Crippen LogP contribution in [0.4, 0.5) is 10.1 Å². The predicted octanol–water partition coefficient (Wildman–Crippen LogP) is 4.33. The fraction of sp³-hybridized carbons (Fsp3) is 0.286. The number of amides is 1. The van der Waals surface area contributed by atoms with Crippen LogP contribution in [-0.2, 0) is 4.79 Å². The fourth-order valence-corrected chi connectivity index (χ4v) is 3.21. The highest BCUT2D eigenvalue weighted by Crippen LogP contribution is 2.30. The van der Waals surface area contributed by atoms with Crippen LogP contribution >= 0.6 is 24.0 Å². The molecule has 0 aliphatic carbocycles. The minimum atomic E-state index is -0.394. The summed E-state index contributed by atoms with van der Waals surface area (Å²) in [5, 5.41) is 14.2. The van der Waals surface area contributed by atoms with Crippen molar-refractivity contribution in [3.63, 3.8) is 0 Å². The maximum Gasteiger partial charge on any atom is 0.272 e. The van der Waals surface area contributed by atoms with E-state index in [1.165, 1.54) is 0 Å². The Bertz CT molecular complexity index is 1060. The normalized spacial score (nSPS) is 10.6. The number of nitrogens with one attached hydrogen (secondary N) is 3. The summed E-state index contributed by atoms with van der Waals surface area (Å²) in [7, 11) is 0. The van der Waals surface area contributed by atoms with Gasteiger partial charge in [-0.05, 0) is 37.6 Å². The number of nitrogens with zero attached hydrogens (tertiary/aromatic N) is 1. The Morgan fingerprint density at radius 3 is 2.63 bits per heavy atom. The summed E-state index contributed by atoms with van der Waals surface area (Å²) in [4.78, 5) is 24.2. The summed E-state index contributed by atoms with van der Waals surface area (Å²) >= 11 is 6.25. The maximum atomic E-state index is 12.2. The van der Waals surface area contributed by atoms with Crippen molar-refractivity contribution in [2.45, 2.75) is 19.3 Å². The predicted molar refractivity (Wildman–Crippen MR) is 121 cm³/mol. The Morgan fingerprint density at radius 1 is 1.10 bits per heavy atom. The lowest BCUT2D eigenvalue weighted by Gasteiger charge is -2.11. The molecule has 0 radical (unpaired) electrons. The zero-order chi connectivity index (χ0) is 20.6. The molecule has 6 nitrogen and oxygen atoms in total. The number of H-pyrrole nitrogens is 1. The van der Waals surface area contributed by atoms with E-state index in [1.54, 1.807) is 30.3 Å². The number of fused-ring (bicyclic) bond motifs is 1. The number of anilines is 1. The van der Waals surface area contributed by atoms with Crippen LogP contribution in [-0.4, -0.2) is 35.9 Å². The summed E-state index contributed by atoms with van der Waals surface area (Å²) in [5.41, 5.74) is 1.56. The van der Waals surface area contributed by atoms with E-state index in [0.29, 0.717) is 47.7 Å². The molecule has 0 aliphatic rings. The molecule has 2 aromatic carbocycles. The topological polar surface area (TPSA) is 86.9 Å². The summed E-state index contributed by atoms with van der Waals surface area (Å²) in [6.45, 7) is 0.620. The molecule has 3 rings (SSSR count). The molecule has 0 aliphatic heterocycles. The van der Waals surface area contributed by atoms with Gasteiger partial charge in [0.1, 0.15) is 6.67 Å². The second-order valence-electron chi connectivity index (χ2n) is 6.59. The Hall–Kier alpha value is -2.48. The van der Waals surface area contributed by atoms with E-state index < -0.39 is 6.67 Å². The van der Waals surface area contributed by atoms with E-state index in [1.807, 2.05) is 12.1 Å². The van der Waals surface area contributed by atoms with Gasteiger partial charge in [-0.1, -0.05) is 35.9 Å². The molecule has 0 unspecified atom stereocenters. The van der Waals surface area contributed by atoms with Gasteiger partial charge < -0.3 is 10.6 Å². The van der Waals surface area contributed by atoms with Crippen molar-refractivity contribution in [3.05, 3.63) is 57.8 Å². The lowest BCUT2D eigenvalue weighted by Crippen LogP contribution is -2.18. The number of hydrogen-bond donors (Lipinski definition) is 3. The number of aromatic nitrogens is 2. The average Bonchev–Trinajstić information content (AvgIpc) is 2.73. The van der Waals surface area contributed by atoms with Gasteiger partial charge in [-0.2, -0.15) is 5.10 Å². The molecule has 0 atom stereocenters. The Kier molecular flexibility index (Phi) is 9.23. The van der Waals surface area contributed by atoms with Crippen LogP contribution in [0.5, 0.6) is 0 Å². The number of carbonyl (C=O) groups excluding carboxylic acids is 1. The third kappa shape index (κ3) is 6.01. The maximum absolute atomic E-state index is 12.2. The van der Waals surface area contributed by atoms with Gasteiger partial charge in [0.25, 0.3) is 5.56 Å². The molecule has 9 heteroatoms. The number of hydrogen-bond acceptors (Lipinski definition) is 4. The van der Waals surface area contributed by atoms with Gasteiger partial charge in [0.15, 0.2) is 0 Å². The fourth-order valence-electron chi connectivity index (χ4n) is 3.04. The number of benzene rings is 2. The molecule has 3 N–H and O–H groups in total. The monoisotopic (exact) mass is 452 g/mol. The molecular formula is C21H23Cl2FN4O2. The molecular weight excluding hydrogens is 430 g/mol. The van der Waals surface area contributed by atoms with Gasteiger partial charge in [-0.3, -0.25) is 9.59 Å². The van der Waals surface area contributed by atoms with Gasteiger partial charge in [0, 0.05) is 23.9 Å². The van der Waals surface area contributed by atoms with Crippen LogP contribution < -0.4 is 16.2 Å². The first-order valence-electron chi connectivity index (χ1n) is 9.44. The Morgan fingerprint density at radius 2 is 1.87 bits per heavy atom. The number of halogens is 3. The van der Waals surface area contributed by atoms with Crippen molar-refractivity contribution >= 4 is 46.4 Å². The lowest BCUT2D eigenvalue weighted by molar-refractivity contribution is -0.116. The van der Waals surface area contributed by atoms with Crippen LogP contribution in [0.15, 0.2) is 47.3 Å². The van der Waals surface area contributed by atoms with E-state index >= 15 is 0 Å². The molecule has 1 amide bonds. The standard InChI is InChI=1S/C21H22ClFN4O2.ClH/c22-17-9-8-14(20-15-5-1-2-6-16(15)21(29)27-26-20)13-18(17)25-19(28)7-3-4-11-24-12-10-23;/h1-2,5-6,8-9,13,24H,3-4,7,10-12H2,(H,25,28)(H,27,29);1H. The van der Waals surface area contributed by atoms with Gasteiger partial charge in [0.05, 0.1) is 21.8 Å². The van der Waals surface area contributed by atoms with E-state index in [0.717, 1.165) is 17.4 Å². The minimum Gasteiger partial charge on any atom is -0.325 e. The summed E-state index contributed by atoms with van der Waals surface area (Å²) < 4.78 is 12.0. The van der Waals surface area contributed by atoms with Gasteiger partial charge in [-0.25, -0.2) is 9.49 Å². The van der Waals surface area contributed by atoms with Crippen LogP contribution in [0.25, 0.3) is 22.0 Å². The first-order valence-corrected chi connectivity index (χ1v) is 9.82. The molecule has 1 heterocycles. The second kappa shape index (κ2) is 11.6. The smallest absolute Gasteiger partial charge is 0.272 e. The summed E-state index contributed by atoms with van der Waals surface area (Å²) in [6, 6.07) is 12.4. The molecule has 0 bridgehead atoms. The second-order valence-corrected chi connectivity index (χ2v) is 6.99. The zero-order valence-electron chi connectivity index (χ0n) is 16.2. The van der Waals surface area contributed by atoms with Crippen molar-refractivity contribution < 1.29 is 9.18 Å². The number of carbonyl (C=O) groups is 1. The quantitative estimate of drug-likeness (QED) is 0.421. The number of rotatable bonds is 9. The van der Waals surface area contributed by atoms with E-state index in [9.17, 15) is 14.0 Å². The van der Waals surface area contributed by atoms with E-state index in [-0.39, 0.29) is 23.9 Å².